The lowest BCUT2D eigenvalue weighted by Crippen LogP contribution is -2.17. The van der Waals surface area contributed by atoms with Crippen molar-refractivity contribution in [1.82, 2.24) is 5.32 Å². The molecule has 0 radical (unpaired) electrons. The molecule has 1 aromatic rings. The topological polar surface area (TPSA) is 41.1 Å². The predicted octanol–water partition coefficient (Wildman–Crippen LogP) is 8.01. The number of nitrogens with one attached hydrogen (secondary N) is 2. The number of rotatable bonds is 12. The van der Waals surface area contributed by atoms with Crippen LogP contribution in [0.2, 0.25) is 0 Å². The van der Waals surface area contributed by atoms with E-state index in [2.05, 4.69) is 69.5 Å². The third-order valence-corrected chi connectivity index (χ3v) is 5.94. The van der Waals surface area contributed by atoms with E-state index >= 15 is 0 Å². The third-order valence-electron chi connectivity index (χ3n) is 4.81. The Bertz CT molecular complexity index is 847. The fourth-order valence-corrected chi connectivity index (χ4v) is 4.19. The van der Waals surface area contributed by atoms with Gasteiger partial charge in [0.15, 0.2) is 0 Å². The first kappa shape index (κ1) is 26.8. The number of thioether (sulfide) groups is 1. The number of hydrogen-bond donors (Lipinski definition) is 2. The molecule has 0 aromatic heterocycles. The molecule has 0 atom stereocenters. The Labute approximate surface area is 194 Å². The predicted molar refractivity (Wildman–Crippen MR) is 139 cm³/mol. The third kappa shape index (κ3) is 9.22. The van der Waals surface area contributed by atoms with Crippen molar-refractivity contribution in [2.45, 2.75) is 80.6 Å². The average molecular weight is 441 g/mol. The largest absolute Gasteiger partial charge is 0.350 e. The number of para-hydroxylation sites is 1. The van der Waals surface area contributed by atoms with Gasteiger partial charge in [-0.2, -0.15) is 0 Å². The second kappa shape index (κ2) is 14.7. The van der Waals surface area contributed by atoms with E-state index in [0.717, 1.165) is 59.6 Å². The summed E-state index contributed by atoms with van der Waals surface area (Å²) in [5, 5.41) is 7.67. The number of hydrogen-bond acceptors (Lipinski definition) is 3. The van der Waals surface area contributed by atoms with Crippen molar-refractivity contribution in [3.05, 3.63) is 74.8 Å². The zero-order valence-corrected chi connectivity index (χ0v) is 21.2. The molecule has 1 rings (SSSR count). The van der Waals surface area contributed by atoms with E-state index in [4.69, 9.17) is 0 Å². The van der Waals surface area contributed by atoms with Crippen molar-refractivity contribution in [2.75, 3.05) is 5.32 Å². The minimum atomic E-state index is -0.0703. The fraction of sp³-hybridized carbons (Fsp3) is 0.444. The molecule has 1 aromatic carbocycles. The van der Waals surface area contributed by atoms with Gasteiger partial charge in [-0.05, 0) is 63.7 Å². The number of carbonyl (C=O) groups is 1. The van der Waals surface area contributed by atoms with Gasteiger partial charge in [0.25, 0.3) is 5.91 Å². The van der Waals surface area contributed by atoms with Crippen molar-refractivity contribution in [1.29, 1.82) is 0 Å². The Morgan fingerprint density at radius 1 is 1.10 bits per heavy atom. The highest BCUT2D eigenvalue weighted by molar-refractivity contribution is 8.07. The molecule has 0 aliphatic rings. The van der Waals surface area contributed by atoms with Crippen molar-refractivity contribution < 1.29 is 4.79 Å². The Hall–Kier alpha value is -2.20. The Kier molecular flexibility index (Phi) is 12.8. The van der Waals surface area contributed by atoms with Crippen LogP contribution in [0.15, 0.2) is 63.7 Å². The van der Waals surface area contributed by atoms with Gasteiger partial charge in [-0.1, -0.05) is 87.9 Å². The first-order valence-corrected chi connectivity index (χ1v) is 12.3. The number of amides is 1. The summed E-state index contributed by atoms with van der Waals surface area (Å²) in [7, 11) is 0. The van der Waals surface area contributed by atoms with Gasteiger partial charge < -0.3 is 10.6 Å². The minimum Gasteiger partial charge on any atom is -0.350 e. The van der Waals surface area contributed by atoms with Gasteiger partial charge in [0.2, 0.25) is 0 Å². The molecular formula is C27H40N2OS. The average Bonchev–Trinajstić information content (AvgIpc) is 2.73. The van der Waals surface area contributed by atoms with Crippen molar-refractivity contribution in [2.24, 2.45) is 0 Å². The SMILES string of the molecule is C/C=C(\S/C(=C\CC)NC(/C=C(/C)CCC)=C\CC)C(=O)Nc1c(C)cccc1CC. The number of carbonyl (C=O) groups excluding carboxylic acids is 1. The van der Waals surface area contributed by atoms with E-state index in [1.807, 2.05) is 32.1 Å². The van der Waals surface area contributed by atoms with Crippen LogP contribution in [0.25, 0.3) is 0 Å². The Morgan fingerprint density at radius 2 is 1.81 bits per heavy atom. The van der Waals surface area contributed by atoms with E-state index in [9.17, 15) is 4.79 Å². The number of aryl methyl sites for hydroxylation is 2. The standard InChI is InChI=1S/C27H40N2OS/c1-8-14-20(6)19-23(15-9-2)28-25(16-10-3)31-24(12-5)27(30)29-26-21(7)17-13-18-22(26)11-4/h12-13,15-19,28H,8-11,14H2,1-7H3,(H,29,30)/b20-19-,23-15-,24-12-,25-16-. The summed E-state index contributed by atoms with van der Waals surface area (Å²) in [4.78, 5) is 13.8. The van der Waals surface area contributed by atoms with Crippen LogP contribution in [0.5, 0.6) is 0 Å². The lowest BCUT2D eigenvalue weighted by atomic mass is 10.1. The molecule has 1 amide bonds. The molecule has 0 saturated heterocycles. The van der Waals surface area contributed by atoms with E-state index in [0.29, 0.717) is 4.91 Å². The number of benzene rings is 1. The Balaban J connectivity index is 3.05. The summed E-state index contributed by atoms with van der Waals surface area (Å²) < 4.78 is 0. The quantitative estimate of drug-likeness (QED) is 0.255. The molecule has 2 N–H and O–H groups in total. The molecule has 0 aliphatic heterocycles. The molecular weight excluding hydrogens is 400 g/mol. The van der Waals surface area contributed by atoms with Crippen molar-refractivity contribution in [3.8, 4) is 0 Å². The molecule has 0 aliphatic carbocycles. The fourth-order valence-electron chi connectivity index (χ4n) is 3.28. The Morgan fingerprint density at radius 3 is 2.39 bits per heavy atom. The van der Waals surface area contributed by atoms with Gasteiger partial charge in [-0.15, -0.1) is 0 Å². The normalized spacial score (nSPS) is 13.4. The summed E-state index contributed by atoms with van der Waals surface area (Å²) >= 11 is 1.48. The monoisotopic (exact) mass is 440 g/mol. The van der Waals surface area contributed by atoms with Gasteiger partial charge in [-0.25, -0.2) is 0 Å². The molecule has 170 valence electrons. The summed E-state index contributed by atoms with van der Waals surface area (Å²) in [5.74, 6) is -0.0703. The minimum absolute atomic E-state index is 0.0703. The summed E-state index contributed by atoms with van der Waals surface area (Å²) in [6, 6.07) is 6.15. The second-order valence-corrected chi connectivity index (χ2v) is 8.67. The van der Waals surface area contributed by atoms with Crippen LogP contribution in [0.3, 0.4) is 0 Å². The summed E-state index contributed by atoms with van der Waals surface area (Å²) in [5.41, 5.74) is 5.60. The van der Waals surface area contributed by atoms with E-state index in [1.54, 1.807) is 0 Å². The lowest BCUT2D eigenvalue weighted by molar-refractivity contribution is -0.112. The van der Waals surface area contributed by atoms with Crippen LogP contribution in [0, 0.1) is 6.92 Å². The van der Waals surface area contributed by atoms with Crippen LogP contribution in [-0.2, 0) is 11.2 Å². The van der Waals surface area contributed by atoms with Crippen molar-refractivity contribution in [3.63, 3.8) is 0 Å². The van der Waals surface area contributed by atoms with Crippen LogP contribution >= 0.6 is 11.8 Å². The van der Waals surface area contributed by atoms with Crippen molar-refractivity contribution >= 4 is 23.4 Å². The highest BCUT2D eigenvalue weighted by Gasteiger charge is 2.15. The zero-order valence-electron chi connectivity index (χ0n) is 20.4. The van der Waals surface area contributed by atoms with E-state index in [1.165, 1.54) is 17.3 Å². The first-order chi connectivity index (χ1) is 14.9. The molecule has 3 nitrogen and oxygen atoms in total. The lowest BCUT2D eigenvalue weighted by Gasteiger charge is -2.17. The highest BCUT2D eigenvalue weighted by Crippen LogP contribution is 2.28. The van der Waals surface area contributed by atoms with Gasteiger partial charge in [0, 0.05) is 11.4 Å². The maximum atomic E-state index is 13.1. The number of allylic oxidation sites excluding steroid dienone is 5. The van der Waals surface area contributed by atoms with Crippen LogP contribution < -0.4 is 10.6 Å². The first-order valence-electron chi connectivity index (χ1n) is 11.5. The molecule has 0 unspecified atom stereocenters. The van der Waals surface area contributed by atoms with Crippen LogP contribution in [0.1, 0.15) is 78.4 Å². The van der Waals surface area contributed by atoms with Gasteiger partial charge >= 0.3 is 0 Å². The molecule has 4 heteroatoms. The summed E-state index contributed by atoms with van der Waals surface area (Å²) in [6.07, 6.45) is 13.4. The second-order valence-electron chi connectivity index (χ2n) is 7.58. The van der Waals surface area contributed by atoms with Gasteiger partial charge in [0.05, 0.1) is 9.93 Å². The van der Waals surface area contributed by atoms with Crippen LogP contribution in [0.4, 0.5) is 5.69 Å². The maximum Gasteiger partial charge on any atom is 0.262 e. The van der Waals surface area contributed by atoms with Crippen LogP contribution in [-0.4, -0.2) is 5.91 Å². The molecule has 31 heavy (non-hydrogen) atoms. The highest BCUT2D eigenvalue weighted by atomic mass is 32.2. The molecule has 0 bridgehead atoms. The van der Waals surface area contributed by atoms with Gasteiger partial charge in [0.1, 0.15) is 0 Å². The van der Waals surface area contributed by atoms with E-state index < -0.39 is 0 Å². The summed E-state index contributed by atoms with van der Waals surface area (Å²) in [6.45, 7) is 14.7. The smallest absolute Gasteiger partial charge is 0.262 e. The van der Waals surface area contributed by atoms with Gasteiger partial charge in [-0.3, -0.25) is 4.79 Å². The van der Waals surface area contributed by atoms with E-state index in [-0.39, 0.29) is 5.91 Å². The molecule has 0 spiro atoms. The maximum absolute atomic E-state index is 13.1. The number of anilines is 1. The molecule has 0 saturated carbocycles. The molecule has 0 heterocycles. The zero-order chi connectivity index (χ0) is 23.2. The molecule has 0 fully saturated rings.